The van der Waals surface area contributed by atoms with Crippen LogP contribution >= 0.6 is 0 Å². The predicted octanol–water partition coefficient (Wildman–Crippen LogP) is 0.996. The van der Waals surface area contributed by atoms with Crippen LogP contribution in [0, 0.1) is 5.92 Å². The van der Waals surface area contributed by atoms with Crippen LogP contribution in [0.4, 0.5) is 0 Å². The Bertz CT molecular complexity index is 321. The summed E-state index contributed by atoms with van der Waals surface area (Å²) in [4.78, 5) is 10.5. The number of nitrogens with zero attached hydrogens (tertiary/aromatic N) is 2. The SMILES string of the molecule is NCC1CCCC1n1cc(C=O)cn1. The molecule has 1 aromatic heterocycles. The van der Waals surface area contributed by atoms with Crippen molar-refractivity contribution in [3.05, 3.63) is 18.0 Å². The molecule has 1 saturated carbocycles. The highest BCUT2D eigenvalue weighted by atomic mass is 16.1. The molecule has 1 aromatic rings. The maximum atomic E-state index is 10.5. The van der Waals surface area contributed by atoms with E-state index in [1.54, 1.807) is 6.20 Å². The van der Waals surface area contributed by atoms with Gasteiger partial charge in [0.1, 0.15) is 0 Å². The van der Waals surface area contributed by atoms with Gasteiger partial charge in [-0.25, -0.2) is 0 Å². The van der Waals surface area contributed by atoms with Gasteiger partial charge in [0.15, 0.2) is 6.29 Å². The summed E-state index contributed by atoms with van der Waals surface area (Å²) in [6.45, 7) is 0.709. The van der Waals surface area contributed by atoms with Gasteiger partial charge in [0.05, 0.1) is 17.8 Å². The van der Waals surface area contributed by atoms with E-state index in [1.165, 1.54) is 12.8 Å². The highest BCUT2D eigenvalue weighted by Crippen LogP contribution is 2.34. The van der Waals surface area contributed by atoms with E-state index in [0.717, 1.165) is 12.7 Å². The molecule has 2 atom stereocenters. The van der Waals surface area contributed by atoms with Crippen molar-refractivity contribution in [1.82, 2.24) is 9.78 Å². The lowest BCUT2D eigenvalue weighted by Crippen LogP contribution is -2.21. The van der Waals surface area contributed by atoms with Gasteiger partial charge in [-0.15, -0.1) is 0 Å². The quantitative estimate of drug-likeness (QED) is 0.728. The Labute approximate surface area is 83.1 Å². The van der Waals surface area contributed by atoms with Crippen molar-refractivity contribution in [2.75, 3.05) is 6.54 Å². The smallest absolute Gasteiger partial charge is 0.153 e. The minimum atomic E-state index is 0.397. The van der Waals surface area contributed by atoms with Gasteiger partial charge in [-0.1, -0.05) is 6.42 Å². The molecular formula is C10H15N3O. The van der Waals surface area contributed by atoms with Crippen LogP contribution < -0.4 is 5.73 Å². The minimum Gasteiger partial charge on any atom is -0.330 e. The third-order valence-electron chi connectivity index (χ3n) is 3.02. The molecule has 4 heteroatoms. The number of rotatable bonds is 3. The molecule has 4 nitrogen and oxygen atoms in total. The number of aldehydes is 1. The lowest BCUT2D eigenvalue weighted by Gasteiger charge is -2.17. The Hall–Kier alpha value is -1.16. The Balaban J connectivity index is 2.17. The van der Waals surface area contributed by atoms with E-state index >= 15 is 0 Å². The molecular weight excluding hydrogens is 178 g/mol. The fourth-order valence-corrected chi connectivity index (χ4v) is 2.24. The van der Waals surface area contributed by atoms with E-state index in [0.29, 0.717) is 24.1 Å². The summed E-state index contributed by atoms with van der Waals surface area (Å²) in [5.74, 6) is 0.523. The number of nitrogens with two attached hydrogens (primary N) is 1. The predicted molar refractivity (Wildman–Crippen MR) is 53.0 cm³/mol. The number of hydrogen-bond donors (Lipinski definition) is 1. The number of carbonyl (C=O) groups excluding carboxylic acids is 1. The lowest BCUT2D eigenvalue weighted by molar-refractivity contribution is 0.112. The average Bonchev–Trinajstić information content (AvgIpc) is 2.85. The molecule has 0 aromatic carbocycles. The molecule has 1 heterocycles. The largest absolute Gasteiger partial charge is 0.330 e. The Kier molecular flexibility index (Phi) is 2.63. The molecule has 0 bridgehead atoms. The van der Waals surface area contributed by atoms with E-state index in [9.17, 15) is 4.79 Å². The van der Waals surface area contributed by atoms with Crippen LogP contribution in [-0.2, 0) is 0 Å². The Morgan fingerprint density at radius 2 is 2.50 bits per heavy atom. The van der Waals surface area contributed by atoms with Gasteiger partial charge in [-0.05, 0) is 25.3 Å². The van der Waals surface area contributed by atoms with E-state index < -0.39 is 0 Å². The normalized spacial score (nSPS) is 26.6. The maximum Gasteiger partial charge on any atom is 0.153 e. The second-order valence-corrected chi connectivity index (χ2v) is 3.87. The molecule has 0 amide bonds. The summed E-state index contributed by atoms with van der Waals surface area (Å²) in [5, 5.41) is 4.20. The van der Waals surface area contributed by atoms with Crippen molar-refractivity contribution in [2.24, 2.45) is 11.7 Å². The van der Waals surface area contributed by atoms with Gasteiger partial charge in [0, 0.05) is 6.20 Å². The zero-order chi connectivity index (χ0) is 9.97. The minimum absolute atomic E-state index is 0.397. The fourth-order valence-electron chi connectivity index (χ4n) is 2.24. The van der Waals surface area contributed by atoms with Gasteiger partial charge in [0.25, 0.3) is 0 Å². The standard InChI is InChI=1S/C10H15N3O/c11-4-9-2-1-3-10(9)13-6-8(7-14)5-12-13/h5-7,9-10H,1-4,11H2. The van der Waals surface area contributed by atoms with Crippen molar-refractivity contribution >= 4 is 6.29 Å². The zero-order valence-corrected chi connectivity index (χ0v) is 8.10. The highest BCUT2D eigenvalue weighted by molar-refractivity contribution is 5.73. The molecule has 14 heavy (non-hydrogen) atoms. The van der Waals surface area contributed by atoms with Gasteiger partial charge < -0.3 is 5.73 Å². The molecule has 2 unspecified atom stereocenters. The first-order valence-electron chi connectivity index (χ1n) is 5.04. The van der Waals surface area contributed by atoms with Crippen LogP contribution in [0.5, 0.6) is 0 Å². The molecule has 0 spiro atoms. The van der Waals surface area contributed by atoms with Crippen LogP contribution in [0.3, 0.4) is 0 Å². The molecule has 1 aliphatic rings. The first kappa shape index (κ1) is 9.40. The summed E-state index contributed by atoms with van der Waals surface area (Å²) >= 11 is 0. The first-order chi connectivity index (χ1) is 6.85. The number of hydrogen-bond acceptors (Lipinski definition) is 3. The van der Waals surface area contributed by atoms with Crippen molar-refractivity contribution in [3.8, 4) is 0 Å². The van der Waals surface area contributed by atoms with Crippen molar-refractivity contribution < 1.29 is 4.79 Å². The molecule has 0 saturated heterocycles. The monoisotopic (exact) mass is 193 g/mol. The molecule has 2 rings (SSSR count). The molecule has 76 valence electrons. The van der Waals surface area contributed by atoms with Crippen LogP contribution in [0.25, 0.3) is 0 Å². The molecule has 1 fully saturated rings. The van der Waals surface area contributed by atoms with E-state index in [1.807, 2.05) is 10.9 Å². The molecule has 0 aliphatic heterocycles. The Morgan fingerprint density at radius 1 is 1.64 bits per heavy atom. The highest BCUT2D eigenvalue weighted by Gasteiger charge is 2.27. The molecule has 0 radical (unpaired) electrons. The summed E-state index contributed by atoms with van der Waals surface area (Å²) in [7, 11) is 0. The summed E-state index contributed by atoms with van der Waals surface area (Å²) in [5.41, 5.74) is 6.34. The lowest BCUT2D eigenvalue weighted by atomic mass is 10.0. The molecule has 1 aliphatic carbocycles. The summed E-state index contributed by atoms with van der Waals surface area (Å²) in [6, 6.07) is 0.397. The average molecular weight is 193 g/mol. The number of carbonyl (C=O) groups is 1. The van der Waals surface area contributed by atoms with Crippen molar-refractivity contribution in [3.63, 3.8) is 0 Å². The fraction of sp³-hybridized carbons (Fsp3) is 0.600. The van der Waals surface area contributed by atoms with Crippen molar-refractivity contribution in [2.45, 2.75) is 25.3 Å². The van der Waals surface area contributed by atoms with Crippen LogP contribution in [0.15, 0.2) is 12.4 Å². The third kappa shape index (κ3) is 1.57. The number of aromatic nitrogens is 2. The van der Waals surface area contributed by atoms with Gasteiger partial charge in [0.2, 0.25) is 0 Å². The molecule has 2 N–H and O–H groups in total. The van der Waals surface area contributed by atoms with Gasteiger partial charge >= 0.3 is 0 Å². The maximum absolute atomic E-state index is 10.5. The summed E-state index contributed by atoms with van der Waals surface area (Å²) < 4.78 is 1.90. The van der Waals surface area contributed by atoms with Crippen LogP contribution in [-0.4, -0.2) is 22.6 Å². The van der Waals surface area contributed by atoms with E-state index in [-0.39, 0.29) is 0 Å². The summed E-state index contributed by atoms with van der Waals surface area (Å²) in [6.07, 6.45) is 7.77. The first-order valence-corrected chi connectivity index (χ1v) is 5.04. The van der Waals surface area contributed by atoms with Crippen LogP contribution in [0.2, 0.25) is 0 Å². The van der Waals surface area contributed by atoms with E-state index in [4.69, 9.17) is 5.73 Å². The Morgan fingerprint density at radius 3 is 3.14 bits per heavy atom. The zero-order valence-electron chi connectivity index (χ0n) is 8.10. The second kappa shape index (κ2) is 3.92. The third-order valence-corrected chi connectivity index (χ3v) is 3.02. The van der Waals surface area contributed by atoms with Crippen molar-refractivity contribution in [1.29, 1.82) is 0 Å². The second-order valence-electron chi connectivity index (χ2n) is 3.87. The van der Waals surface area contributed by atoms with Crippen LogP contribution in [0.1, 0.15) is 35.7 Å². The van der Waals surface area contributed by atoms with Gasteiger partial charge in [-0.2, -0.15) is 5.10 Å². The topological polar surface area (TPSA) is 60.9 Å². The van der Waals surface area contributed by atoms with Gasteiger partial charge in [-0.3, -0.25) is 9.48 Å². The van der Waals surface area contributed by atoms with E-state index in [2.05, 4.69) is 5.10 Å².